The molecular formula is C18H19N3O. The first-order chi connectivity index (χ1) is 11.9. The third-order valence-electron chi connectivity index (χ3n) is 4.71. The zero-order chi connectivity index (χ0) is 17.8. The number of Topliss-reactive ketones (excluding diaryl/α,β-unsaturated/α-hetero) is 1. The first-order valence-corrected chi connectivity index (χ1v) is 7.50. The molecule has 0 saturated heterocycles. The lowest BCUT2D eigenvalue weighted by Gasteiger charge is -2.23. The minimum atomic E-state index is -2.27. The van der Waals surface area contributed by atoms with Crippen LogP contribution in [0.5, 0.6) is 0 Å². The van der Waals surface area contributed by atoms with E-state index in [9.17, 15) is 4.79 Å². The highest BCUT2D eigenvalue weighted by molar-refractivity contribution is 6.11. The molecule has 4 rings (SSSR count). The molecule has 0 fully saturated rings. The standard InChI is InChI=1S/C18H19N3O/c1-12-19-9-10-21(12)11-13-7-8-16-17(18(13)22)14-5-3-4-6-15(14)20(16)2/h3-6,9-10,13H,7-8,11H2,1-2H3/i1D3. The zero-order valence-corrected chi connectivity index (χ0v) is 12.4. The summed E-state index contributed by atoms with van der Waals surface area (Å²) in [6.45, 7) is -1.92. The van der Waals surface area contributed by atoms with Crippen LogP contribution in [0, 0.1) is 12.8 Å². The van der Waals surface area contributed by atoms with Crippen LogP contribution in [-0.4, -0.2) is 19.9 Å². The monoisotopic (exact) mass is 296 g/mol. The maximum absolute atomic E-state index is 13.1. The number of imidazole rings is 1. The quantitative estimate of drug-likeness (QED) is 0.729. The van der Waals surface area contributed by atoms with Crippen LogP contribution in [0.2, 0.25) is 0 Å². The van der Waals surface area contributed by atoms with Crippen LogP contribution in [0.25, 0.3) is 10.9 Å². The molecule has 0 radical (unpaired) electrons. The topological polar surface area (TPSA) is 39.8 Å². The second-order valence-electron chi connectivity index (χ2n) is 5.90. The largest absolute Gasteiger partial charge is 0.347 e. The maximum atomic E-state index is 13.1. The van der Waals surface area contributed by atoms with E-state index >= 15 is 0 Å². The summed E-state index contributed by atoms with van der Waals surface area (Å²) in [5.74, 6) is -0.0825. The van der Waals surface area contributed by atoms with Gasteiger partial charge in [-0.25, -0.2) is 4.98 Å². The number of carbonyl (C=O) groups excluding carboxylic acids is 1. The average Bonchev–Trinajstić information content (AvgIpc) is 3.14. The van der Waals surface area contributed by atoms with Crippen molar-refractivity contribution >= 4 is 16.7 Å². The van der Waals surface area contributed by atoms with Crippen LogP contribution in [0.4, 0.5) is 0 Å². The molecule has 1 unspecified atom stereocenters. The van der Waals surface area contributed by atoms with Crippen LogP contribution < -0.4 is 0 Å². The van der Waals surface area contributed by atoms with Crippen molar-refractivity contribution in [1.29, 1.82) is 0 Å². The summed E-state index contributed by atoms with van der Waals surface area (Å²) >= 11 is 0. The van der Waals surface area contributed by atoms with E-state index in [-0.39, 0.29) is 17.5 Å². The van der Waals surface area contributed by atoms with Crippen LogP contribution >= 0.6 is 0 Å². The van der Waals surface area contributed by atoms with Gasteiger partial charge in [0.25, 0.3) is 0 Å². The first-order valence-electron chi connectivity index (χ1n) is 9.00. The van der Waals surface area contributed by atoms with Gasteiger partial charge in [0, 0.05) is 58.2 Å². The lowest BCUT2D eigenvalue weighted by Crippen LogP contribution is -2.27. The Morgan fingerprint density at radius 2 is 2.27 bits per heavy atom. The Kier molecular flexibility index (Phi) is 2.28. The number of ketones is 1. The molecule has 1 aliphatic carbocycles. The first kappa shape index (κ1) is 10.4. The van der Waals surface area contributed by atoms with Crippen molar-refractivity contribution in [3.8, 4) is 0 Å². The van der Waals surface area contributed by atoms with Gasteiger partial charge in [0.15, 0.2) is 5.78 Å². The Morgan fingerprint density at radius 3 is 3.14 bits per heavy atom. The van der Waals surface area contributed by atoms with Gasteiger partial charge in [-0.2, -0.15) is 0 Å². The molecule has 0 spiro atoms. The Balaban J connectivity index is 1.71. The molecule has 1 aromatic carbocycles. The van der Waals surface area contributed by atoms with Crippen LogP contribution in [0.1, 0.15) is 32.4 Å². The molecule has 3 aromatic rings. The molecule has 4 nitrogen and oxygen atoms in total. The molecule has 22 heavy (non-hydrogen) atoms. The van der Waals surface area contributed by atoms with Crippen molar-refractivity contribution < 1.29 is 8.91 Å². The summed E-state index contributed by atoms with van der Waals surface area (Å²) in [4.78, 5) is 17.1. The molecular weight excluding hydrogens is 274 g/mol. The summed E-state index contributed by atoms with van der Waals surface area (Å²) in [7, 11) is 2.00. The Hall–Kier alpha value is -2.36. The Bertz CT molecular complexity index is 968. The maximum Gasteiger partial charge on any atom is 0.170 e. The minimum absolute atomic E-state index is 0.0454. The van der Waals surface area contributed by atoms with E-state index in [4.69, 9.17) is 4.11 Å². The van der Waals surface area contributed by atoms with E-state index in [0.29, 0.717) is 13.0 Å². The number of nitrogens with zero attached hydrogens (tertiary/aromatic N) is 3. The van der Waals surface area contributed by atoms with Gasteiger partial charge in [0.1, 0.15) is 5.82 Å². The van der Waals surface area contributed by atoms with Gasteiger partial charge in [-0.3, -0.25) is 4.79 Å². The summed E-state index contributed by atoms with van der Waals surface area (Å²) < 4.78 is 26.5. The average molecular weight is 296 g/mol. The summed E-state index contributed by atoms with van der Waals surface area (Å²) in [6.07, 6.45) is 4.66. The van der Waals surface area contributed by atoms with E-state index in [1.807, 2.05) is 31.3 Å². The predicted octanol–water partition coefficient (Wildman–Crippen LogP) is 3.13. The summed E-state index contributed by atoms with van der Waals surface area (Å²) in [5.41, 5.74) is 2.93. The molecule has 4 heteroatoms. The van der Waals surface area contributed by atoms with Gasteiger partial charge in [-0.05, 0) is 25.8 Å². The molecule has 2 heterocycles. The van der Waals surface area contributed by atoms with Gasteiger partial charge in [0.2, 0.25) is 0 Å². The highest BCUT2D eigenvalue weighted by Gasteiger charge is 2.32. The van der Waals surface area contributed by atoms with E-state index in [2.05, 4.69) is 9.55 Å². The number of hydrogen-bond acceptors (Lipinski definition) is 2. The van der Waals surface area contributed by atoms with E-state index in [0.717, 1.165) is 28.6 Å². The fourth-order valence-corrected chi connectivity index (χ4v) is 3.55. The van der Waals surface area contributed by atoms with Crippen molar-refractivity contribution in [2.24, 2.45) is 13.0 Å². The fraction of sp³-hybridized carbons (Fsp3) is 0.333. The van der Waals surface area contributed by atoms with E-state index in [1.165, 1.54) is 6.20 Å². The molecule has 1 atom stereocenters. The van der Waals surface area contributed by atoms with Crippen molar-refractivity contribution in [2.45, 2.75) is 26.2 Å². The summed E-state index contributed by atoms with van der Waals surface area (Å²) in [5, 5.41) is 0.983. The van der Waals surface area contributed by atoms with E-state index < -0.39 is 6.85 Å². The molecule has 2 aromatic heterocycles. The van der Waals surface area contributed by atoms with E-state index in [1.54, 1.807) is 10.8 Å². The fourth-order valence-electron chi connectivity index (χ4n) is 3.55. The number of rotatable bonds is 2. The zero-order valence-electron chi connectivity index (χ0n) is 15.4. The molecule has 0 bridgehead atoms. The Labute approximate surface area is 133 Å². The number of aromatic nitrogens is 3. The number of para-hydroxylation sites is 1. The second kappa shape index (κ2) is 4.83. The molecule has 1 aliphatic rings. The third-order valence-corrected chi connectivity index (χ3v) is 4.71. The lowest BCUT2D eigenvalue weighted by atomic mass is 9.85. The van der Waals surface area contributed by atoms with Gasteiger partial charge in [-0.15, -0.1) is 0 Å². The number of carbonyl (C=O) groups is 1. The number of fused-ring (bicyclic) bond motifs is 3. The van der Waals surface area contributed by atoms with Gasteiger partial charge in [0.05, 0.1) is 0 Å². The SMILES string of the molecule is [2H]C([2H])([2H])c1nccn1CC1CCc2c(c3ccccc3n2C)C1=O. The minimum Gasteiger partial charge on any atom is -0.347 e. The third kappa shape index (κ3) is 1.83. The highest BCUT2D eigenvalue weighted by Crippen LogP contribution is 2.34. The lowest BCUT2D eigenvalue weighted by molar-refractivity contribution is 0.0888. The second-order valence-corrected chi connectivity index (χ2v) is 5.90. The molecule has 0 amide bonds. The van der Waals surface area contributed by atoms with Gasteiger partial charge < -0.3 is 9.13 Å². The van der Waals surface area contributed by atoms with Crippen LogP contribution in [0.3, 0.4) is 0 Å². The molecule has 0 saturated carbocycles. The number of aryl methyl sites for hydroxylation is 2. The van der Waals surface area contributed by atoms with Crippen molar-refractivity contribution in [3.63, 3.8) is 0 Å². The molecule has 0 aliphatic heterocycles. The molecule has 0 N–H and O–H groups in total. The normalized spacial score (nSPS) is 20.5. The smallest absolute Gasteiger partial charge is 0.170 e. The Morgan fingerprint density at radius 1 is 1.41 bits per heavy atom. The van der Waals surface area contributed by atoms with Gasteiger partial charge >= 0.3 is 0 Å². The van der Waals surface area contributed by atoms with Crippen LogP contribution in [0.15, 0.2) is 36.7 Å². The number of benzene rings is 1. The number of hydrogen-bond donors (Lipinski definition) is 0. The van der Waals surface area contributed by atoms with Crippen LogP contribution in [-0.2, 0) is 20.0 Å². The summed E-state index contributed by atoms with van der Waals surface area (Å²) in [6, 6.07) is 7.93. The van der Waals surface area contributed by atoms with Crippen molar-refractivity contribution in [2.75, 3.05) is 0 Å². The highest BCUT2D eigenvalue weighted by atomic mass is 16.1. The van der Waals surface area contributed by atoms with Crippen molar-refractivity contribution in [1.82, 2.24) is 14.1 Å². The predicted molar refractivity (Wildman–Crippen MR) is 86.0 cm³/mol. The van der Waals surface area contributed by atoms with Gasteiger partial charge in [-0.1, -0.05) is 18.2 Å². The van der Waals surface area contributed by atoms with Crippen molar-refractivity contribution in [3.05, 3.63) is 53.7 Å². The molecule has 112 valence electrons.